The molecule has 1 atom stereocenters. The van der Waals surface area contributed by atoms with E-state index in [1.165, 1.54) is 0 Å². The SMILES string of the molecule is CNC[C@@H]1CCN(C(=O)c2ccc(C)c(OC)c2)C1. The quantitative estimate of drug-likeness (QED) is 0.897. The second-order valence-corrected chi connectivity index (χ2v) is 5.15. The van der Waals surface area contributed by atoms with Gasteiger partial charge in [0.2, 0.25) is 0 Å². The summed E-state index contributed by atoms with van der Waals surface area (Å²) in [6.45, 7) is 4.64. The molecule has 0 radical (unpaired) electrons. The maximum atomic E-state index is 12.4. The van der Waals surface area contributed by atoms with Gasteiger partial charge in [-0.05, 0) is 50.6 Å². The Morgan fingerprint density at radius 3 is 3.00 bits per heavy atom. The van der Waals surface area contributed by atoms with Gasteiger partial charge in [-0.15, -0.1) is 0 Å². The fourth-order valence-electron chi connectivity index (χ4n) is 2.61. The molecule has 1 N–H and O–H groups in total. The lowest BCUT2D eigenvalue weighted by molar-refractivity contribution is 0.0787. The average Bonchev–Trinajstić information content (AvgIpc) is 2.87. The fraction of sp³-hybridized carbons (Fsp3) is 0.533. The molecule has 1 aromatic rings. The Hall–Kier alpha value is -1.55. The van der Waals surface area contributed by atoms with E-state index >= 15 is 0 Å². The second kappa shape index (κ2) is 6.06. The van der Waals surface area contributed by atoms with E-state index in [1.807, 2.05) is 37.1 Å². The van der Waals surface area contributed by atoms with Gasteiger partial charge in [-0.2, -0.15) is 0 Å². The topological polar surface area (TPSA) is 41.6 Å². The number of nitrogens with one attached hydrogen (secondary N) is 1. The summed E-state index contributed by atoms with van der Waals surface area (Å²) < 4.78 is 5.28. The van der Waals surface area contributed by atoms with Crippen molar-refractivity contribution >= 4 is 5.91 Å². The van der Waals surface area contributed by atoms with E-state index in [0.717, 1.165) is 37.4 Å². The first-order valence-corrected chi connectivity index (χ1v) is 6.74. The molecule has 19 heavy (non-hydrogen) atoms. The van der Waals surface area contributed by atoms with Crippen molar-refractivity contribution in [1.82, 2.24) is 10.2 Å². The molecule has 1 saturated heterocycles. The minimum absolute atomic E-state index is 0.108. The molecular formula is C15H22N2O2. The van der Waals surface area contributed by atoms with Gasteiger partial charge in [-0.1, -0.05) is 6.07 Å². The van der Waals surface area contributed by atoms with Gasteiger partial charge in [0.15, 0.2) is 0 Å². The Morgan fingerprint density at radius 1 is 1.53 bits per heavy atom. The number of ether oxygens (including phenoxy) is 1. The lowest BCUT2D eigenvalue weighted by atomic mass is 10.1. The zero-order valence-electron chi connectivity index (χ0n) is 11.9. The van der Waals surface area contributed by atoms with Gasteiger partial charge in [0.05, 0.1) is 7.11 Å². The molecule has 1 aliphatic heterocycles. The van der Waals surface area contributed by atoms with E-state index in [9.17, 15) is 4.79 Å². The summed E-state index contributed by atoms with van der Waals surface area (Å²) in [6, 6.07) is 5.65. The number of rotatable bonds is 4. The largest absolute Gasteiger partial charge is 0.496 e. The van der Waals surface area contributed by atoms with Crippen LogP contribution in [0.15, 0.2) is 18.2 Å². The molecule has 0 aliphatic carbocycles. The van der Waals surface area contributed by atoms with Crippen molar-refractivity contribution in [3.63, 3.8) is 0 Å². The minimum atomic E-state index is 0.108. The third kappa shape index (κ3) is 3.07. The molecule has 0 spiro atoms. The van der Waals surface area contributed by atoms with Crippen LogP contribution in [0.5, 0.6) is 5.75 Å². The second-order valence-electron chi connectivity index (χ2n) is 5.15. The van der Waals surface area contributed by atoms with Gasteiger partial charge in [-0.25, -0.2) is 0 Å². The van der Waals surface area contributed by atoms with Gasteiger partial charge in [0.1, 0.15) is 5.75 Å². The van der Waals surface area contributed by atoms with Crippen LogP contribution in [0.1, 0.15) is 22.3 Å². The van der Waals surface area contributed by atoms with E-state index in [-0.39, 0.29) is 5.91 Å². The van der Waals surface area contributed by atoms with Gasteiger partial charge >= 0.3 is 0 Å². The Morgan fingerprint density at radius 2 is 2.32 bits per heavy atom. The summed E-state index contributed by atoms with van der Waals surface area (Å²) in [7, 11) is 3.59. The van der Waals surface area contributed by atoms with Crippen molar-refractivity contribution < 1.29 is 9.53 Å². The van der Waals surface area contributed by atoms with Crippen molar-refractivity contribution in [3.05, 3.63) is 29.3 Å². The number of aryl methyl sites for hydroxylation is 1. The van der Waals surface area contributed by atoms with E-state index in [2.05, 4.69) is 5.32 Å². The van der Waals surface area contributed by atoms with E-state index in [0.29, 0.717) is 11.5 Å². The van der Waals surface area contributed by atoms with Crippen molar-refractivity contribution in [2.75, 3.05) is 33.8 Å². The highest BCUT2D eigenvalue weighted by molar-refractivity contribution is 5.95. The molecule has 1 aromatic carbocycles. The van der Waals surface area contributed by atoms with Crippen LogP contribution < -0.4 is 10.1 Å². The molecule has 1 fully saturated rings. The molecule has 0 saturated carbocycles. The van der Waals surface area contributed by atoms with E-state index < -0.39 is 0 Å². The van der Waals surface area contributed by atoms with Crippen molar-refractivity contribution in [3.8, 4) is 5.75 Å². The monoisotopic (exact) mass is 262 g/mol. The van der Waals surface area contributed by atoms with Crippen LogP contribution in [0, 0.1) is 12.8 Å². The number of benzene rings is 1. The number of methoxy groups -OCH3 is 1. The van der Waals surface area contributed by atoms with Crippen LogP contribution in [0.25, 0.3) is 0 Å². The molecule has 1 heterocycles. The number of carbonyl (C=O) groups is 1. The van der Waals surface area contributed by atoms with Crippen LogP contribution in [0.4, 0.5) is 0 Å². The standard InChI is InChI=1S/C15H22N2O2/c1-11-4-5-13(8-14(11)19-3)15(18)17-7-6-12(10-17)9-16-2/h4-5,8,12,16H,6-7,9-10H2,1-3H3/t12-/m0/s1. The fourth-order valence-corrected chi connectivity index (χ4v) is 2.61. The molecule has 0 aromatic heterocycles. The Labute approximate surface area is 114 Å². The van der Waals surface area contributed by atoms with Crippen molar-refractivity contribution in [2.45, 2.75) is 13.3 Å². The summed E-state index contributed by atoms with van der Waals surface area (Å²) >= 11 is 0. The third-order valence-corrected chi connectivity index (χ3v) is 3.72. The van der Waals surface area contributed by atoms with E-state index in [4.69, 9.17) is 4.74 Å². The molecule has 4 nitrogen and oxygen atoms in total. The van der Waals surface area contributed by atoms with E-state index in [1.54, 1.807) is 7.11 Å². The predicted molar refractivity (Wildman–Crippen MR) is 75.7 cm³/mol. The van der Waals surface area contributed by atoms with Gasteiger partial charge in [0, 0.05) is 18.7 Å². The highest BCUT2D eigenvalue weighted by atomic mass is 16.5. The first-order valence-electron chi connectivity index (χ1n) is 6.74. The Kier molecular flexibility index (Phi) is 4.43. The summed E-state index contributed by atoms with van der Waals surface area (Å²) in [4.78, 5) is 14.4. The lowest BCUT2D eigenvalue weighted by Gasteiger charge is -2.17. The Bertz CT molecular complexity index is 459. The number of hydrogen-bond donors (Lipinski definition) is 1. The first-order chi connectivity index (χ1) is 9.15. The van der Waals surface area contributed by atoms with Crippen LogP contribution in [-0.2, 0) is 0 Å². The maximum absolute atomic E-state index is 12.4. The van der Waals surface area contributed by atoms with Crippen LogP contribution >= 0.6 is 0 Å². The van der Waals surface area contributed by atoms with Crippen LogP contribution in [0.3, 0.4) is 0 Å². The number of amides is 1. The first kappa shape index (κ1) is 13.9. The molecule has 0 unspecified atom stereocenters. The molecule has 1 aliphatic rings. The lowest BCUT2D eigenvalue weighted by Crippen LogP contribution is -2.30. The van der Waals surface area contributed by atoms with Crippen molar-refractivity contribution in [1.29, 1.82) is 0 Å². The third-order valence-electron chi connectivity index (χ3n) is 3.72. The van der Waals surface area contributed by atoms with Gasteiger partial charge in [-0.3, -0.25) is 4.79 Å². The molecule has 1 amide bonds. The smallest absolute Gasteiger partial charge is 0.253 e. The summed E-state index contributed by atoms with van der Waals surface area (Å²) in [5, 5.41) is 3.18. The minimum Gasteiger partial charge on any atom is -0.496 e. The highest BCUT2D eigenvalue weighted by Gasteiger charge is 2.26. The highest BCUT2D eigenvalue weighted by Crippen LogP contribution is 2.22. The van der Waals surface area contributed by atoms with Gasteiger partial charge < -0.3 is 15.0 Å². The number of likely N-dealkylation sites (tertiary alicyclic amines) is 1. The predicted octanol–water partition coefficient (Wildman–Crippen LogP) is 1.69. The number of hydrogen-bond acceptors (Lipinski definition) is 3. The summed E-state index contributed by atoms with van der Waals surface area (Å²) in [5.74, 6) is 1.45. The summed E-state index contributed by atoms with van der Waals surface area (Å²) in [6.07, 6.45) is 1.08. The van der Waals surface area contributed by atoms with Gasteiger partial charge in [0.25, 0.3) is 5.91 Å². The molecule has 4 heteroatoms. The molecule has 2 rings (SSSR count). The molecule has 0 bridgehead atoms. The average molecular weight is 262 g/mol. The zero-order chi connectivity index (χ0) is 13.8. The maximum Gasteiger partial charge on any atom is 0.253 e. The van der Waals surface area contributed by atoms with Crippen molar-refractivity contribution in [2.24, 2.45) is 5.92 Å². The number of carbonyl (C=O) groups excluding carboxylic acids is 1. The molecular weight excluding hydrogens is 240 g/mol. The summed E-state index contributed by atoms with van der Waals surface area (Å²) in [5.41, 5.74) is 1.76. The van der Waals surface area contributed by atoms with Crippen LogP contribution in [-0.4, -0.2) is 44.6 Å². The molecule has 104 valence electrons. The Balaban J connectivity index is 2.08. The normalized spacial score (nSPS) is 18.7. The zero-order valence-corrected chi connectivity index (χ0v) is 11.9. The van der Waals surface area contributed by atoms with Crippen LogP contribution in [0.2, 0.25) is 0 Å². The number of nitrogens with zero attached hydrogens (tertiary/aromatic N) is 1.